The number of rotatable bonds is 5. The van der Waals surface area contributed by atoms with Gasteiger partial charge in [0.25, 0.3) is 0 Å². The Labute approximate surface area is 102 Å². The van der Waals surface area contributed by atoms with Crippen LogP contribution in [0, 0.1) is 0 Å². The van der Waals surface area contributed by atoms with Gasteiger partial charge in [-0.05, 0) is 26.0 Å². The molecule has 0 N–H and O–H groups in total. The van der Waals surface area contributed by atoms with Gasteiger partial charge >= 0.3 is 8.72 Å². The van der Waals surface area contributed by atoms with E-state index < -0.39 is 8.72 Å². The molecule has 0 spiro atoms. The van der Waals surface area contributed by atoms with Crippen LogP contribution in [0.4, 0.5) is 0 Å². The highest BCUT2D eigenvalue weighted by Gasteiger charge is 2.37. The summed E-state index contributed by atoms with van der Waals surface area (Å²) in [6.45, 7) is 7.13. The van der Waals surface area contributed by atoms with Crippen LogP contribution in [0.3, 0.4) is 0 Å². The van der Waals surface area contributed by atoms with E-state index in [9.17, 15) is 0 Å². The van der Waals surface area contributed by atoms with Crippen molar-refractivity contribution < 1.29 is 8.85 Å². The molecule has 6 heteroatoms. The van der Waals surface area contributed by atoms with E-state index in [2.05, 4.69) is 10.3 Å². The normalized spacial score (nSPS) is 12.2. The highest BCUT2D eigenvalue weighted by molar-refractivity contribution is 6.64. The van der Waals surface area contributed by atoms with E-state index in [0.29, 0.717) is 13.2 Å². The number of hydrogen-bond acceptors (Lipinski definition) is 4. The second-order valence-corrected chi connectivity index (χ2v) is 6.55. The van der Waals surface area contributed by atoms with Gasteiger partial charge in [-0.15, -0.1) is 5.10 Å². The molecule has 1 heterocycles. The first-order chi connectivity index (χ1) is 8.21. The Morgan fingerprint density at radius 2 is 1.82 bits per heavy atom. The zero-order valence-electron chi connectivity index (χ0n) is 10.4. The van der Waals surface area contributed by atoms with E-state index in [1.807, 2.05) is 49.0 Å². The first-order valence-electron chi connectivity index (χ1n) is 5.80. The van der Waals surface area contributed by atoms with Crippen molar-refractivity contribution in [3.05, 3.63) is 24.3 Å². The zero-order valence-corrected chi connectivity index (χ0v) is 11.4. The maximum absolute atomic E-state index is 5.80. The van der Waals surface area contributed by atoms with Crippen molar-refractivity contribution in [2.24, 2.45) is 0 Å². The molecular formula is C11H17N3O2Si. The SMILES string of the molecule is CCO[Si](C)(OCC)n1nnc2ccccc21. The van der Waals surface area contributed by atoms with Crippen LogP contribution in [-0.4, -0.2) is 36.6 Å². The molecule has 0 aliphatic heterocycles. The molecule has 0 radical (unpaired) electrons. The predicted molar refractivity (Wildman–Crippen MR) is 67.8 cm³/mol. The van der Waals surface area contributed by atoms with E-state index in [1.165, 1.54) is 0 Å². The Bertz CT molecular complexity index is 494. The zero-order chi connectivity index (χ0) is 12.3. The topological polar surface area (TPSA) is 49.2 Å². The molecule has 17 heavy (non-hydrogen) atoms. The minimum Gasteiger partial charge on any atom is -0.378 e. The maximum atomic E-state index is 5.80. The highest BCUT2D eigenvalue weighted by atomic mass is 28.4. The van der Waals surface area contributed by atoms with Crippen LogP contribution >= 0.6 is 0 Å². The summed E-state index contributed by atoms with van der Waals surface area (Å²) in [6, 6.07) is 7.83. The van der Waals surface area contributed by atoms with Crippen molar-refractivity contribution in [3.63, 3.8) is 0 Å². The summed E-state index contributed by atoms with van der Waals surface area (Å²) in [5.41, 5.74) is 1.83. The second kappa shape index (κ2) is 4.95. The van der Waals surface area contributed by atoms with Gasteiger partial charge < -0.3 is 8.85 Å². The van der Waals surface area contributed by atoms with E-state index in [1.54, 1.807) is 0 Å². The van der Waals surface area contributed by atoms with Crippen LogP contribution in [0.2, 0.25) is 6.55 Å². The minimum absolute atomic E-state index is 0.608. The fraction of sp³-hybridized carbons (Fsp3) is 0.455. The lowest BCUT2D eigenvalue weighted by Crippen LogP contribution is -2.48. The molecule has 5 nitrogen and oxygen atoms in total. The molecule has 0 unspecified atom stereocenters. The Morgan fingerprint density at radius 1 is 1.18 bits per heavy atom. The molecule has 92 valence electrons. The van der Waals surface area contributed by atoms with Gasteiger partial charge in [0.1, 0.15) is 5.52 Å². The molecule has 0 saturated heterocycles. The number of benzene rings is 1. The van der Waals surface area contributed by atoms with Gasteiger partial charge in [0, 0.05) is 19.8 Å². The van der Waals surface area contributed by atoms with Crippen LogP contribution in [0.1, 0.15) is 13.8 Å². The number of fused-ring (bicyclic) bond motifs is 1. The Hall–Kier alpha value is -1.24. The molecule has 0 aliphatic carbocycles. The Balaban J connectivity index is 2.48. The largest absolute Gasteiger partial charge is 0.478 e. The lowest BCUT2D eigenvalue weighted by Gasteiger charge is -2.25. The lowest BCUT2D eigenvalue weighted by molar-refractivity contribution is 0.176. The summed E-state index contributed by atoms with van der Waals surface area (Å²) in [5, 5.41) is 8.32. The molecule has 0 saturated carbocycles. The monoisotopic (exact) mass is 251 g/mol. The molecule has 1 aromatic heterocycles. The molecule has 0 amide bonds. The van der Waals surface area contributed by atoms with Gasteiger partial charge in [-0.3, -0.25) is 0 Å². The molecule has 0 aliphatic rings. The van der Waals surface area contributed by atoms with Crippen LogP contribution in [0.15, 0.2) is 24.3 Å². The average Bonchev–Trinajstić information content (AvgIpc) is 2.74. The third-order valence-corrected chi connectivity index (χ3v) is 5.31. The quantitative estimate of drug-likeness (QED) is 0.762. The maximum Gasteiger partial charge on any atom is 0.478 e. The number of hydrogen-bond donors (Lipinski definition) is 0. The molecule has 2 aromatic rings. The van der Waals surface area contributed by atoms with E-state index in [4.69, 9.17) is 8.85 Å². The number of nitrogens with zero attached hydrogens (tertiary/aromatic N) is 3. The van der Waals surface area contributed by atoms with Crippen LogP contribution in [0.5, 0.6) is 0 Å². The van der Waals surface area contributed by atoms with Gasteiger partial charge in [0.15, 0.2) is 0 Å². The summed E-state index contributed by atoms with van der Waals surface area (Å²) < 4.78 is 13.4. The summed E-state index contributed by atoms with van der Waals surface area (Å²) in [6.07, 6.45) is 0. The van der Waals surface area contributed by atoms with Gasteiger partial charge in [-0.25, -0.2) is 4.35 Å². The van der Waals surface area contributed by atoms with E-state index in [0.717, 1.165) is 11.0 Å². The van der Waals surface area contributed by atoms with Gasteiger partial charge in [-0.2, -0.15) is 0 Å². The van der Waals surface area contributed by atoms with Crippen LogP contribution in [-0.2, 0) is 8.85 Å². The summed E-state index contributed by atoms with van der Waals surface area (Å²) in [5.74, 6) is 0. The smallest absolute Gasteiger partial charge is 0.378 e. The molecule has 1 aromatic carbocycles. The fourth-order valence-electron chi connectivity index (χ4n) is 1.87. The summed E-state index contributed by atoms with van der Waals surface area (Å²) >= 11 is 0. The van der Waals surface area contributed by atoms with Crippen molar-refractivity contribution in [1.29, 1.82) is 0 Å². The van der Waals surface area contributed by atoms with Gasteiger partial charge in [0.05, 0.1) is 5.52 Å². The average molecular weight is 251 g/mol. The van der Waals surface area contributed by atoms with Crippen LogP contribution < -0.4 is 0 Å². The van der Waals surface area contributed by atoms with Crippen LogP contribution in [0.25, 0.3) is 11.0 Å². The van der Waals surface area contributed by atoms with Crippen molar-refractivity contribution in [2.45, 2.75) is 20.4 Å². The summed E-state index contributed by atoms with van der Waals surface area (Å²) in [4.78, 5) is 0. The molecule has 0 fully saturated rings. The Morgan fingerprint density at radius 3 is 2.47 bits per heavy atom. The number of para-hydroxylation sites is 1. The fourth-order valence-corrected chi connectivity index (χ4v) is 4.10. The highest BCUT2D eigenvalue weighted by Crippen LogP contribution is 2.17. The van der Waals surface area contributed by atoms with E-state index in [-0.39, 0.29) is 0 Å². The molecular weight excluding hydrogens is 234 g/mol. The van der Waals surface area contributed by atoms with Crippen molar-refractivity contribution in [1.82, 2.24) is 14.7 Å². The third kappa shape index (κ3) is 2.24. The lowest BCUT2D eigenvalue weighted by atomic mass is 10.3. The minimum atomic E-state index is -2.49. The third-order valence-electron chi connectivity index (χ3n) is 2.56. The predicted octanol–water partition coefficient (Wildman–Crippen LogP) is 1.92. The second-order valence-electron chi connectivity index (χ2n) is 3.75. The van der Waals surface area contributed by atoms with Crippen molar-refractivity contribution in [2.75, 3.05) is 13.2 Å². The first kappa shape index (κ1) is 12.2. The molecule has 0 atom stereocenters. The van der Waals surface area contributed by atoms with Gasteiger partial charge in [-0.1, -0.05) is 17.3 Å². The summed E-state index contributed by atoms with van der Waals surface area (Å²) in [7, 11) is -2.49. The van der Waals surface area contributed by atoms with Crippen molar-refractivity contribution >= 4 is 19.8 Å². The first-order valence-corrected chi connectivity index (χ1v) is 8.06. The molecule has 2 rings (SSSR count). The molecule has 0 bridgehead atoms. The Kier molecular flexibility index (Phi) is 3.56. The van der Waals surface area contributed by atoms with Gasteiger partial charge in [0.2, 0.25) is 0 Å². The number of aromatic nitrogens is 3. The van der Waals surface area contributed by atoms with Crippen molar-refractivity contribution in [3.8, 4) is 0 Å². The standard InChI is InChI=1S/C11H17N3O2Si/c1-4-15-17(3,16-5-2)14-11-9-7-6-8-10(11)12-13-14/h6-9H,4-5H2,1-3H3. The van der Waals surface area contributed by atoms with E-state index >= 15 is 0 Å².